The van der Waals surface area contributed by atoms with Crippen LogP contribution in [-0.2, 0) is 32.2 Å². The molecule has 0 bridgehead atoms. The van der Waals surface area contributed by atoms with Crippen LogP contribution in [0.25, 0.3) is 0 Å². The van der Waals surface area contributed by atoms with Crippen LogP contribution in [0, 0.1) is 0 Å². The molecule has 220 valence electrons. The summed E-state index contributed by atoms with van der Waals surface area (Å²) >= 11 is 0. The van der Waals surface area contributed by atoms with Gasteiger partial charge in [-0.05, 0) is 17.5 Å². The number of hydroxylamine groups is 2. The molecule has 0 aliphatic carbocycles. The molecule has 19 heteroatoms. The first-order chi connectivity index (χ1) is 17.5. The Morgan fingerprint density at radius 3 is 1.59 bits per heavy atom. The zero-order chi connectivity index (χ0) is 30.2. The summed E-state index contributed by atoms with van der Waals surface area (Å²) in [5, 5.41) is 0.158. The minimum Gasteiger partial charge on any atom is -0.428 e. The minimum absolute atomic E-state index is 0.0624. The Morgan fingerprint density at radius 2 is 1.13 bits per heavy atom. The van der Waals surface area contributed by atoms with Crippen molar-refractivity contribution in [3.8, 4) is 0 Å². The van der Waals surface area contributed by atoms with E-state index >= 15 is 0 Å². The molecule has 39 heavy (non-hydrogen) atoms. The van der Waals surface area contributed by atoms with Crippen LogP contribution in [0.1, 0.15) is 30.4 Å². The van der Waals surface area contributed by atoms with Crippen molar-refractivity contribution in [2.45, 2.75) is 68.1 Å². The fraction of sp³-hybridized carbons (Fsp3) is 0.550. The highest BCUT2D eigenvalue weighted by Gasteiger charge is 2.90. The number of carbonyl (C=O) groups is 3. The van der Waals surface area contributed by atoms with Crippen LogP contribution in [0.15, 0.2) is 24.3 Å². The second-order valence-corrected chi connectivity index (χ2v) is 8.03. The number of aryl methyl sites for hydroxylation is 1. The largest absolute Gasteiger partial charge is 0.534 e. The number of amides is 2. The van der Waals surface area contributed by atoms with E-state index in [0.717, 1.165) is 24.3 Å². The van der Waals surface area contributed by atoms with Crippen molar-refractivity contribution < 1.29 is 81.0 Å². The second kappa shape index (κ2) is 10.4. The van der Waals surface area contributed by atoms with E-state index in [4.69, 9.17) is 0 Å². The maximum absolute atomic E-state index is 13.9. The van der Waals surface area contributed by atoms with Gasteiger partial charge in [-0.1, -0.05) is 29.3 Å². The average Bonchev–Trinajstić information content (AvgIpc) is 3.13. The first-order valence-electron chi connectivity index (χ1n) is 10.2. The van der Waals surface area contributed by atoms with Gasteiger partial charge in [-0.25, -0.2) is 4.79 Å². The molecule has 1 fully saturated rings. The summed E-state index contributed by atoms with van der Waals surface area (Å²) in [5.41, 5.74) is -0.284. The number of alkyl halides is 13. The number of hydrogen-bond acceptors (Lipinski definition) is 5. The topological polar surface area (TPSA) is 72.9 Å². The molecular weight excluding hydrogens is 581 g/mol. The van der Waals surface area contributed by atoms with Crippen molar-refractivity contribution in [1.29, 1.82) is 0 Å². The van der Waals surface area contributed by atoms with Gasteiger partial charge >= 0.3 is 41.9 Å². The summed E-state index contributed by atoms with van der Waals surface area (Å²) < 4.78 is 176. The van der Waals surface area contributed by atoms with E-state index in [-0.39, 0.29) is 29.0 Å². The third-order valence-corrected chi connectivity index (χ3v) is 5.28. The number of hydrogen-bond donors (Lipinski definition) is 0. The van der Waals surface area contributed by atoms with E-state index in [1.807, 2.05) is 0 Å². The normalized spacial score (nSPS) is 16.1. The Hall–Kier alpha value is -3.28. The summed E-state index contributed by atoms with van der Waals surface area (Å²) in [6.45, 7) is -0.613. The summed E-state index contributed by atoms with van der Waals surface area (Å²) in [6.07, 6.45) is -13.1. The first kappa shape index (κ1) is 31.9. The standard InChI is InChI=1S/C20H14F13NO5/c21-15(22,16(23,24)17(25,26)18(27,28)19(29,30)20(31,32)33)8-7-10-1-3-11(4-2-10)9-38-14(37)39-34-12(35)5-6-13(34)36/h1-4H,5-9H2. The van der Waals surface area contributed by atoms with Crippen molar-refractivity contribution in [3.05, 3.63) is 35.4 Å². The highest BCUT2D eigenvalue weighted by molar-refractivity contribution is 6.01. The monoisotopic (exact) mass is 595 g/mol. The van der Waals surface area contributed by atoms with E-state index < -0.39 is 73.2 Å². The molecule has 0 N–H and O–H groups in total. The Kier molecular flexibility index (Phi) is 8.49. The molecule has 0 aromatic heterocycles. The van der Waals surface area contributed by atoms with Crippen molar-refractivity contribution in [2.75, 3.05) is 0 Å². The molecular formula is C20H14F13NO5. The summed E-state index contributed by atoms with van der Waals surface area (Å²) in [4.78, 5) is 38.6. The summed E-state index contributed by atoms with van der Waals surface area (Å²) in [7, 11) is 0. The van der Waals surface area contributed by atoms with E-state index in [0.29, 0.717) is 0 Å². The fourth-order valence-electron chi connectivity index (χ4n) is 2.96. The number of imide groups is 1. The van der Waals surface area contributed by atoms with Crippen LogP contribution in [-0.4, -0.2) is 58.8 Å². The van der Waals surface area contributed by atoms with Crippen LogP contribution in [0.4, 0.5) is 61.9 Å². The SMILES string of the molecule is O=C(OCc1ccc(CCC(F)(F)C(F)(F)C(F)(F)C(F)(F)C(F)(F)C(F)(F)F)cc1)ON1C(=O)CCC1=O. The van der Waals surface area contributed by atoms with E-state index in [1.165, 1.54) is 0 Å². The number of carbonyl (C=O) groups excluding carboxylic acids is 3. The molecule has 2 amide bonds. The Labute approximate surface area is 208 Å². The molecule has 1 saturated heterocycles. The predicted molar refractivity (Wildman–Crippen MR) is 97.9 cm³/mol. The summed E-state index contributed by atoms with van der Waals surface area (Å²) in [5.74, 6) is -38.8. The van der Waals surface area contributed by atoms with E-state index in [2.05, 4.69) is 9.57 Å². The average molecular weight is 595 g/mol. The van der Waals surface area contributed by atoms with Gasteiger partial charge in [0.2, 0.25) is 0 Å². The number of nitrogens with zero attached hydrogens (tertiary/aromatic N) is 1. The van der Waals surface area contributed by atoms with Crippen LogP contribution in [0.2, 0.25) is 0 Å². The van der Waals surface area contributed by atoms with Gasteiger partial charge < -0.3 is 4.74 Å². The van der Waals surface area contributed by atoms with Gasteiger partial charge in [0, 0.05) is 19.3 Å². The van der Waals surface area contributed by atoms with Crippen LogP contribution in [0.3, 0.4) is 0 Å². The third-order valence-electron chi connectivity index (χ3n) is 5.28. The lowest BCUT2D eigenvalue weighted by atomic mass is 9.91. The molecule has 0 spiro atoms. The molecule has 0 saturated carbocycles. The molecule has 1 heterocycles. The lowest BCUT2D eigenvalue weighted by Gasteiger charge is -2.39. The number of ether oxygens (including phenoxy) is 1. The predicted octanol–water partition coefficient (Wildman–Crippen LogP) is 6.08. The maximum atomic E-state index is 13.9. The van der Waals surface area contributed by atoms with Gasteiger partial charge in [-0.3, -0.25) is 14.4 Å². The molecule has 0 radical (unpaired) electrons. The third kappa shape index (κ3) is 5.85. The van der Waals surface area contributed by atoms with Crippen molar-refractivity contribution in [3.63, 3.8) is 0 Å². The quantitative estimate of drug-likeness (QED) is 0.187. The van der Waals surface area contributed by atoms with Gasteiger partial charge in [0.25, 0.3) is 11.8 Å². The zero-order valence-electron chi connectivity index (χ0n) is 18.7. The van der Waals surface area contributed by atoms with Gasteiger partial charge in [-0.2, -0.15) is 57.1 Å². The molecule has 6 nitrogen and oxygen atoms in total. The molecule has 0 atom stereocenters. The van der Waals surface area contributed by atoms with Crippen molar-refractivity contribution >= 4 is 18.0 Å². The molecule has 1 aliphatic heterocycles. The highest BCUT2D eigenvalue weighted by atomic mass is 19.4. The number of rotatable bonds is 10. The Balaban J connectivity index is 2.04. The van der Waals surface area contributed by atoms with Gasteiger partial charge in [0.1, 0.15) is 6.61 Å². The van der Waals surface area contributed by atoms with Crippen molar-refractivity contribution in [2.24, 2.45) is 0 Å². The highest BCUT2D eigenvalue weighted by Crippen LogP contribution is 2.60. The van der Waals surface area contributed by atoms with Gasteiger partial charge in [-0.15, -0.1) is 0 Å². The lowest BCUT2D eigenvalue weighted by molar-refractivity contribution is -0.440. The van der Waals surface area contributed by atoms with Crippen LogP contribution < -0.4 is 0 Å². The second-order valence-electron chi connectivity index (χ2n) is 8.03. The molecule has 1 aliphatic rings. The van der Waals surface area contributed by atoms with Crippen molar-refractivity contribution in [1.82, 2.24) is 5.06 Å². The van der Waals surface area contributed by atoms with Gasteiger partial charge in [0.15, 0.2) is 0 Å². The summed E-state index contributed by atoms with van der Waals surface area (Å²) in [6, 6.07) is 3.79. The molecule has 2 rings (SSSR count). The number of halogens is 13. The van der Waals surface area contributed by atoms with Crippen LogP contribution in [0.5, 0.6) is 0 Å². The van der Waals surface area contributed by atoms with E-state index in [1.54, 1.807) is 0 Å². The van der Waals surface area contributed by atoms with E-state index in [9.17, 15) is 71.5 Å². The molecule has 1 aromatic rings. The lowest BCUT2D eigenvalue weighted by Crippen LogP contribution is -2.70. The fourth-order valence-corrected chi connectivity index (χ4v) is 2.96. The van der Waals surface area contributed by atoms with Gasteiger partial charge in [0.05, 0.1) is 0 Å². The molecule has 1 aromatic carbocycles. The first-order valence-corrected chi connectivity index (χ1v) is 10.2. The number of benzene rings is 1. The zero-order valence-corrected chi connectivity index (χ0v) is 18.7. The van der Waals surface area contributed by atoms with Crippen LogP contribution >= 0.6 is 0 Å². The Morgan fingerprint density at radius 1 is 0.692 bits per heavy atom. The molecule has 0 unspecified atom stereocenters. The maximum Gasteiger partial charge on any atom is 0.534 e. The Bertz CT molecular complexity index is 1070. The smallest absolute Gasteiger partial charge is 0.428 e. The minimum atomic E-state index is -7.96.